The number of carbonyl (C=O) groups is 2. The molecular weight excluding hydrogens is 270 g/mol. The number of carbonyl (C=O) groups excluding carboxylic acids is 2. The molecule has 1 aromatic rings. The standard InChI is InChI=1S/C15H21N3O3/c1-11(15(20)18-6-8-21-9-7-18)16-13-4-3-5-14(10-13)17-12(2)19/h3-5,10-11,16H,6-9H2,1-2H3,(H,17,19)/t11-/m1/s1. The van der Waals surface area contributed by atoms with Gasteiger partial charge in [-0.3, -0.25) is 9.59 Å². The van der Waals surface area contributed by atoms with Crippen molar-refractivity contribution in [2.24, 2.45) is 0 Å². The van der Waals surface area contributed by atoms with Gasteiger partial charge in [0.05, 0.1) is 13.2 Å². The Kier molecular flexibility index (Phi) is 5.16. The van der Waals surface area contributed by atoms with Gasteiger partial charge in [-0.15, -0.1) is 0 Å². The van der Waals surface area contributed by atoms with Crippen LogP contribution in [0.2, 0.25) is 0 Å². The number of ether oxygens (including phenoxy) is 1. The Bertz CT molecular complexity index is 513. The molecule has 0 spiro atoms. The zero-order chi connectivity index (χ0) is 15.2. The summed E-state index contributed by atoms with van der Waals surface area (Å²) in [5.74, 6) is -0.0622. The maximum absolute atomic E-state index is 12.3. The minimum absolute atomic E-state index is 0.0585. The van der Waals surface area contributed by atoms with Crippen molar-refractivity contribution in [2.75, 3.05) is 36.9 Å². The summed E-state index contributed by atoms with van der Waals surface area (Å²) >= 11 is 0. The van der Waals surface area contributed by atoms with E-state index in [-0.39, 0.29) is 17.9 Å². The van der Waals surface area contributed by atoms with Crippen LogP contribution in [0.4, 0.5) is 11.4 Å². The number of amides is 2. The average Bonchev–Trinajstić information content (AvgIpc) is 2.47. The molecule has 0 unspecified atom stereocenters. The Morgan fingerprint density at radius 1 is 1.24 bits per heavy atom. The van der Waals surface area contributed by atoms with Gasteiger partial charge in [0.2, 0.25) is 11.8 Å². The second-order valence-electron chi connectivity index (χ2n) is 5.07. The normalized spacial score (nSPS) is 16.2. The SMILES string of the molecule is CC(=O)Nc1cccc(N[C@H](C)C(=O)N2CCOCC2)c1. The van der Waals surface area contributed by atoms with Crippen LogP contribution in [0.5, 0.6) is 0 Å². The van der Waals surface area contributed by atoms with Crippen molar-refractivity contribution in [1.82, 2.24) is 4.90 Å². The second-order valence-corrected chi connectivity index (χ2v) is 5.07. The lowest BCUT2D eigenvalue weighted by atomic mass is 10.2. The van der Waals surface area contributed by atoms with Gasteiger partial charge in [0.25, 0.3) is 0 Å². The van der Waals surface area contributed by atoms with Crippen LogP contribution in [-0.2, 0) is 14.3 Å². The van der Waals surface area contributed by atoms with Crippen molar-refractivity contribution in [3.63, 3.8) is 0 Å². The summed E-state index contributed by atoms with van der Waals surface area (Å²) in [5, 5.41) is 5.89. The van der Waals surface area contributed by atoms with Gasteiger partial charge in [0.15, 0.2) is 0 Å². The van der Waals surface area contributed by atoms with Gasteiger partial charge in [-0.05, 0) is 25.1 Å². The van der Waals surface area contributed by atoms with Gasteiger partial charge in [0, 0.05) is 31.4 Å². The Balaban J connectivity index is 1.96. The first-order valence-corrected chi connectivity index (χ1v) is 7.07. The van der Waals surface area contributed by atoms with Gasteiger partial charge in [-0.1, -0.05) is 6.07 Å². The predicted octanol–water partition coefficient (Wildman–Crippen LogP) is 1.30. The van der Waals surface area contributed by atoms with Gasteiger partial charge >= 0.3 is 0 Å². The van der Waals surface area contributed by atoms with Crippen LogP contribution in [0.25, 0.3) is 0 Å². The topological polar surface area (TPSA) is 70.7 Å². The molecule has 0 radical (unpaired) electrons. The molecule has 1 fully saturated rings. The number of nitrogens with zero attached hydrogens (tertiary/aromatic N) is 1. The Hall–Kier alpha value is -2.08. The van der Waals surface area contributed by atoms with E-state index in [1.165, 1.54) is 6.92 Å². The molecule has 6 nitrogen and oxygen atoms in total. The number of benzene rings is 1. The molecule has 6 heteroatoms. The molecular formula is C15H21N3O3. The minimum Gasteiger partial charge on any atom is -0.378 e. The summed E-state index contributed by atoms with van der Waals surface area (Å²) in [6, 6.07) is 7.00. The lowest BCUT2D eigenvalue weighted by Gasteiger charge is -2.29. The summed E-state index contributed by atoms with van der Waals surface area (Å²) in [5.41, 5.74) is 1.51. The van der Waals surface area contributed by atoms with Crippen LogP contribution in [-0.4, -0.2) is 49.1 Å². The first kappa shape index (κ1) is 15.3. The van der Waals surface area contributed by atoms with E-state index in [0.29, 0.717) is 32.0 Å². The molecule has 1 aliphatic rings. The summed E-state index contributed by atoms with van der Waals surface area (Å²) in [6.07, 6.45) is 0. The van der Waals surface area contributed by atoms with E-state index in [2.05, 4.69) is 10.6 Å². The number of morpholine rings is 1. The number of hydrogen-bond donors (Lipinski definition) is 2. The van der Waals surface area contributed by atoms with E-state index in [1.54, 1.807) is 11.0 Å². The molecule has 21 heavy (non-hydrogen) atoms. The fourth-order valence-electron chi connectivity index (χ4n) is 2.26. The Morgan fingerprint density at radius 3 is 2.57 bits per heavy atom. The Labute approximate surface area is 124 Å². The van der Waals surface area contributed by atoms with Crippen LogP contribution in [0.3, 0.4) is 0 Å². The maximum atomic E-state index is 12.3. The third kappa shape index (κ3) is 4.46. The first-order valence-electron chi connectivity index (χ1n) is 7.07. The molecule has 2 N–H and O–H groups in total. The third-order valence-electron chi connectivity index (χ3n) is 3.26. The third-order valence-corrected chi connectivity index (χ3v) is 3.26. The Morgan fingerprint density at radius 2 is 1.90 bits per heavy atom. The summed E-state index contributed by atoms with van der Waals surface area (Å²) in [6.45, 7) is 5.76. The molecule has 2 amide bonds. The fourth-order valence-corrected chi connectivity index (χ4v) is 2.26. The molecule has 1 aromatic carbocycles. The summed E-state index contributed by atoms with van der Waals surface area (Å²) < 4.78 is 5.25. The van der Waals surface area contributed by atoms with E-state index in [4.69, 9.17) is 4.74 Å². The van der Waals surface area contributed by atoms with Crippen molar-refractivity contribution in [3.05, 3.63) is 24.3 Å². The van der Waals surface area contributed by atoms with Crippen molar-refractivity contribution in [3.8, 4) is 0 Å². The van der Waals surface area contributed by atoms with Crippen molar-refractivity contribution >= 4 is 23.2 Å². The lowest BCUT2D eigenvalue weighted by Crippen LogP contribution is -2.46. The monoisotopic (exact) mass is 291 g/mol. The van der Waals surface area contributed by atoms with Gasteiger partial charge in [-0.25, -0.2) is 0 Å². The van der Waals surface area contributed by atoms with Crippen LogP contribution in [0.1, 0.15) is 13.8 Å². The first-order chi connectivity index (χ1) is 10.1. The van der Waals surface area contributed by atoms with E-state index in [0.717, 1.165) is 5.69 Å². The molecule has 114 valence electrons. The van der Waals surface area contributed by atoms with Gasteiger partial charge < -0.3 is 20.3 Å². The maximum Gasteiger partial charge on any atom is 0.244 e. The predicted molar refractivity (Wildman–Crippen MR) is 81.2 cm³/mol. The zero-order valence-corrected chi connectivity index (χ0v) is 12.4. The molecule has 0 saturated carbocycles. The number of nitrogens with one attached hydrogen (secondary N) is 2. The van der Waals surface area contributed by atoms with Crippen LogP contribution in [0.15, 0.2) is 24.3 Å². The molecule has 1 atom stereocenters. The van der Waals surface area contributed by atoms with Gasteiger partial charge in [-0.2, -0.15) is 0 Å². The zero-order valence-electron chi connectivity index (χ0n) is 12.4. The number of rotatable bonds is 4. The average molecular weight is 291 g/mol. The van der Waals surface area contributed by atoms with Crippen molar-refractivity contribution in [1.29, 1.82) is 0 Å². The van der Waals surface area contributed by atoms with E-state index >= 15 is 0 Å². The summed E-state index contributed by atoms with van der Waals surface area (Å²) in [4.78, 5) is 25.2. The van der Waals surface area contributed by atoms with E-state index < -0.39 is 0 Å². The molecule has 1 heterocycles. The van der Waals surface area contributed by atoms with Crippen molar-refractivity contribution < 1.29 is 14.3 Å². The van der Waals surface area contributed by atoms with E-state index in [1.807, 2.05) is 25.1 Å². The van der Waals surface area contributed by atoms with Gasteiger partial charge in [0.1, 0.15) is 6.04 Å². The smallest absolute Gasteiger partial charge is 0.244 e. The van der Waals surface area contributed by atoms with Crippen LogP contribution in [0, 0.1) is 0 Å². The highest BCUT2D eigenvalue weighted by Gasteiger charge is 2.22. The summed E-state index contributed by atoms with van der Waals surface area (Å²) in [7, 11) is 0. The number of anilines is 2. The molecule has 2 rings (SSSR count). The lowest BCUT2D eigenvalue weighted by molar-refractivity contribution is -0.135. The van der Waals surface area contributed by atoms with Crippen LogP contribution < -0.4 is 10.6 Å². The highest BCUT2D eigenvalue weighted by molar-refractivity contribution is 5.89. The minimum atomic E-state index is -0.323. The highest BCUT2D eigenvalue weighted by Crippen LogP contribution is 2.16. The highest BCUT2D eigenvalue weighted by atomic mass is 16.5. The molecule has 1 aliphatic heterocycles. The molecule has 0 bridgehead atoms. The van der Waals surface area contributed by atoms with Crippen LogP contribution >= 0.6 is 0 Å². The fraction of sp³-hybridized carbons (Fsp3) is 0.467. The molecule has 0 aromatic heterocycles. The van der Waals surface area contributed by atoms with E-state index in [9.17, 15) is 9.59 Å². The largest absolute Gasteiger partial charge is 0.378 e. The molecule has 0 aliphatic carbocycles. The quantitative estimate of drug-likeness (QED) is 0.877. The number of hydrogen-bond acceptors (Lipinski definition) is 4. The van der Waals surface area contributed by atoms with Crippen molar-refractivity contribution in [2.45, 2.75) is 19.9 Å². The second kappa shape index (κ2) is 7.08. The molecule has 1 saturated heterocycles.